The lowest BCUT2D eigenvalue weighted by molar-refractivity contribution is -0.144. The number of ether oxygens (including phenoxy) is 3. The summed E-state index contributed by atoms with van der Waals surface area (Å²) in [5, 5.41) is 0.631. The molecule has 0 unspecified atom stereocenters. The second-order valence-electron chi connectivity index (χ2n) is 3.31. The molecule has 2 rings (SSSR count). The first kappa shape index (κ1) is 10.9. The van der Waals surface area contributed by atoms with E-state index in [2.05, 4.69) is 15.9 Å². The standard InChI is InChI=1S/C11H13BrO3/c1-13-10-4-2-9(3-5-10)11(8-12)14-6-7-15-11/h2-5H,6-8H2,1H3. The summed E-state index contributed by atoms with van der Waals surface area (Å²) in [5.41, 5.74) is 1.01. The van der Waals surface area contributed by atoms with Crippen LogP contribution >= 0.6 is 15.9 Å². The highest BCUT2D eigenvalue weighted by Crippen LogP contribution is 2.33. The Morgan fingerprint density at radius 1 is 1.27 bits per heavy atom. The molecule has 0 saturated carbocycles. The second-order valence-corrected chi connectivity index (χ2v) is 3.87. The molecule has 0 bridgehead atoms. The van der Waals surface area contributed by atoms with Gasteiger partial charge in [0.25, 0.3) is 0 Å². The van der Waals surface area contributed by atoms with E-state index in [-0.39, 0.29) is 0 Å². The molecule has 0 amide bonds. The second kappa shape index (κ2) is 4.51. The predicted octanol–water partition coefficient (Wildman–Crippen LogP) is 2.29. The number of halogens is 1. The van der Waals surface area contributed by atoms with Crippen LogP contribution in [0.2, 0.25) is 0 Å². The Morgan fingerprint density at radius 2 is 1.87 bits per heavy atom. The molecule has 1 aromatic carbocycles. The van der Waals surface area contributed by atoms with Crippen LogP contribution in [0.25, 0.3) is 0 Å². The van der Waals surface area contributed by atoms with Gasteiger partial charge < -0.3 is 14.2 Å². The van der Waals surface area contributed by atoms with Crippen LogP contribution in [-0.4, -0.2) is 25.7 Å². The highest BCUT2D eigenvalue weighted by atomic mass is 79.9. The first-order valence-corrected chi connectivity index (χ1v) is 5.91. The third kappa shape index (κ3) is 2.02. The average molecular weight is 273 g/mol. The van der Waals surface area contributed by atoms with Gasteiger partial charge in [0.05, 0.1) is 25.7 Å². The van der Waals surface area contributed by atoms with Gasteiger partial charge in [-0.1, -0.05) is 15.9 Å². The maximum absolute atomic E-state index is 5.64. The Balaban J connectivity index is 2.26. The summed E-state index contributed by atoms with van der Waals surface area (Å²) in [4.78, 5) is 0. The molecule has 1 saturated heterocycles. The third-order valence-corrected chi connectivity index (χ3v) is 3.20. The maximum Gasteiger partial charge on any atom is 0.204 e. The van der Waals surface area contributed by atoms with Crippen LogP contribution in [-0.2, 0) is 15.3 Å². The molecule has 82 valence electrons. The average Bonchev–Trinajstić information content (AvgIpc) is 2.79. The van der Waals surface area contributed by atoms with Crippen molar-refractivity contribution in [2.24, 2.45) is 0 Å². The maximum atomic E-state index is 5.64. The van der Waals surface area contributed by atoms with Gasteiger partial charge in [-0.25, -0.2) is 0 Å². The van der Waals surface area contributed by atoms with Crippen LogP contribution < -0.4 is 4.74 Å². The van der Waals surface area contributed by atoms with Crippen molar-refractivity contribution in [1.82, 2.24) is 0 Å². The Kier molecular flexibility index (Phi) is 3.29. The lowest BCUT2D eigenvalue weighted by atomic mass is 10.1. The molecule has 1 aliphatic heterocycles. The van der Waals surface area contributed by atoms with Crippen LogP contribution in [0.3, 0.4) is 0 Å². The summed E-state index contributed by atoms with van der Waals surface area (Å²) in [5.74, 6) is 0.216. The third-order valence-electron chi connectivity index (χ3n) is 2.46. The van der Waals surface area contributed by atoms with Crippen molar-refractivity contribution in [2.75, 3.05) is 25.7 Å². The molecule has 0 aromatic heterocycles. The Bertz CT molecular complexity index is 317. The number of methoxy groups -OCH3 is 1. The minimum atomic E-state index is -0.619. The van der Waals surface area contributed by atoms with Gasteiger partial charge in [-0.3, -0.25) is 0 Å². The fraction of sp³-hybridized carbons (Fsp3) is 0.455. The fourth-order valence-electron chi connectivity index (χ4n) is 1.62. The van der Waals surface area contributed by atoms with E-state index < -0.39 is 5.79 Å². The van der Waals surface area contributed by atoms with Crippen molar-refractivity contribution in [3.05, 3.63) is 29.8 Å². The lowest BCUT2D eigenvalue weighted by Gasteiger charge is -2.25. The molecular formula is C11H13BrO3. The highest BCUT2D eigenvalue weighted by Gasteiger charge is 2.37. The van der Waals surface area contributed by atoms with E-state index in [1.54, 1.807) is 7.11 Å². The highest BCUT2D eigenvalue weighted by molar-refractivity contribution is 9.09. The number of alkyl halides is 1. The zero-order valence-electron chi connectivity index (χ0n) is 8.53. The van der Waals surface area contributed by atoms with Gasteiger partial charge in [-0.05, 0) is 24.3 Å². The molecule has 4 heteroatoms. The van der Waals surface area contributed by atoms with Gasteiger partial charge in [0, 0.05) is 5.56 Å². The molecule has 0 N–H and O–H groups in total. The van der Waals surface area contributed by atoms with Gasteiger partial charge in [0.15, 0.2) is 0 Å². The van der Waals surface area contributed by atoms with Gasteiger partial charge in [0.2, 0.25) is 5.79 Å². The van der Waals surface area contributed by atoms with Crippen LogP contribution in [0.4, 0.5) is 0 Å². The first-order valence-electron chi connectivity index (χ1n) is 4.79. The topological polar surface area (TPSA) is 27.7 Å². The zero-order valence-corrected chi connectivity index (χ0v) is 10.1. The molecular weight excluding hydrogens is 260 g/mol. The Morgan fingerprint density at radius 3 is 2.33 bits per heavy atom. The quantitative estimate of drug-likeness (QED) is 0.791. The molecule has 0 atom stereocenters. The van der Waals surface area contributed by atoms with Crippen molar-refractivity contribution in [3.63, 3.8) is 0 Å². The van der Waals surface area contributed by atoms with E-state index in [0.717, 1.165) is 11.3 Å². The molecule has 15 heavy (non-hydrogen) atoms. The zero-order chi connectivity index (χ0) is 10.7. The van der Waals surface area contributed by atoms with Crippen molar-refractivity contribution in [3.8, 4) is 5.75 Å². The smallest absolute Gasteiger partial charge is 0.204 e. The summed E-state index contributed by atoms with van der Waals surface area (Å²) < 4.78 is 16.4. The van der Waals surface area contributed by atoms with Crippen molar-refractivity contribution >= 4 is 15.9 Å². The minimum Gasteiger partial charge on any atom is -0.497 e. The van der Waals surface area contributed by atoms with Gasteiger partial charge in [-0.15, -0.1) is 0 Å². The van der Waals surface area contributed by atoms with Crippen LogP contribution in [0.15, 0.2) is 24.3 Å². The summed E-state index contributed by atoms with van der Waals surface area (Å²) in [6.45, 7) is 1.27. The molecule has 0 aliphatic carbocycles. The summed E-state index contributed by atoms with van der Waals surface area (Å²) in [6, 6.07) is 7.74. The van der Waals surface area contributed by atoms with E-state index in [1.807, 2.05) is 24.3 Å². The molecule has 1 heterocycles. The van der Waals surface area contributed by atoms with E-state index in [4.69, 9.17) is 14.2 Å². The summed E-state index contributed by atoms with van der Waals surface area (Å²) in [7, 11) is 1.65. The summed E-state index contributed by atoms with van der Waals surface area (Å²) >= 11 is 3.42. The molecule has 1 fully saturated rings. The van der Waals surface area contributed by atoms with Gasteiger partial charge in [-0.2, -0.15) is 0 Å². The molecule has 1 aliphatic rings. The molecule has 3 nitrogen and oxygen atoms in total. The first-order chi connectivity index (χ1) is 7.30. The molecule has 0 radical (unpaired) electrons. The van der Waals surface area contributed by atoms with Crippen molar-refractivity contribution < 1.29 is 14.2 Å². The van der Waals surface area contributed by atoms with Gasteiger partial charge in [0.1, 0.15) is 5.75 Å². The van der Waals surface area contributed by atoms with Crippen molar-refractivity contribution in [1.29, 1.82) is 0 Å². The van der Waals surface area contributed by atoms with E-state index in [9.17, 15) is 0 Å². The number of rotatable bonds is 3. The minimum absolute atomic E-state index is 0.619. The van der Waals surface area contributed by atoms with E-state index in [0.29, 0.717) is 18.5 Å². The molecule has 0 spiro atoms. The Hall–Kier alpha value is -0.580. The number of hydrogen-bond acceptors (Lipinski definition) is 3. The van der Waals surface area contributed by atoms with Crippen LogP contribution in [0, 0.1) is 0 Å². The monoisotopic (exact) mass is 272 g/mol. The largest absolute Gasteiger partial charge is 0.497 e. The fourth-order valence-corrected chi connectivity index (χ4v) is 2.27. The molecule has 1 aromatic rings. The van der Waals surface area contributed by atoms with Crippen LogP contribution in [0.5, 0.6) is 5.75 Å². The lowest BCUT2D eigenvalue weighted by Crippen LogP contribution is -2.28. The normalized spacial score (nSPS) is 19.1. The van der Waals surface area contributed by atoms with Crippen LogP contribution in [0.1, 0.15) is 5.56 Å². The number of hydrogen-bond donors (Lipinski definition) is 0. The number of benzene rings is 1. The van der Waals surface area contributed by atoms with Crippen molar-refractivity contribution in [2.45, 2.75) is 5.79 Å². The van der Waals surface area contributed by atoms with E-state index in [1.165, 1.54) is 0 Å². The van der Waals surface area contributed by atoms with E-state index >= 15 is 0 Å². The van der Waals surface area contributed by atoms with Gasteiger partial charge >= 0.3 is 0 Å². The predicted molar refractivity (Wildman–Crippen MR) is 60.4 cm³/mol. The SMILES string of the molecule is COc1ccc(C2(CBr)OCCO2)cc1. The summed E-state index contributed by atoms with van der Waals surface area (Å²) in [6.07, 6.45) is 0. The Labute approximate surface area is 97.5 Å².